The van der Waals surface area contributed by atoms with Crippen molar-refractivity contribution < 1.29 is 28.5 Å². The summed E-state index contributed by atoms with van der Waals surface area (Å²) in [6.07, 6.45) is 10.3. The highest BCUT2D eigenvalue weighted by atomic mass is 16.6. The maximum absolute atomic E-state index is 12.1. The summed E-state index contributed by atoms with van der Waals surface area (Å²) >= 11 is 0. The van der Waals surface area contributed by atoms with Crippen LogP contribution in [0.1, 0.15) is 77.6 Å². The van der Waals surface area contributed by atoms with Crippen LogP contribution in [-0.4, -0.2) is 32.8 Å². The molecule has 0 aliphatic heterocycles. The number of hydrogen-bond donors (Lipinski definition) is 0. The summed E-state index contributed by atoms with van der Waals surface area (Å²) in [4.78, 5) is 23.8. The maximum Gasteiger partial charge on any atom is 0.311 e. The zero-order valence-electron chi connectivity index (χ0n) is 18.2. The summed E-state index contributed by atoms with van der Waals surface area (Å²) in [6, 6.07) is 5.12. The van der Waals surface area contributed by atoms with Gasteiger partial charge in [-0.3, -0.25) is 9.59 Å². The summed E-state index contributed by atoms with van der Waals surface area (Å²) in [6.45, 7) is 2.67. The molecule has 0 spiro atoms. The van der Waals surface area contributed by atoms with Crippen LogP contribution in [-0.2, 0) is 14.3 Å². The van der Waals surface area contributed by atoms with Crippen molar-refractivity contribution in [2.75, 3.05) is 20.8 Å². The Labute approximate surface area is 174 Å². The second-order valence-electron chi connectivity index (χ2n) is 7.01. The number of esters is 2. The number of carbonyl (C=O) groups excluding carboxylic acids is 2. The average Bonchev–Trinajstić information content (AvgIpc) is 2.72. The van der Waals surface area contributed by atoms with Gasteiger partial charge in [-0.25, -0.2) is 0 Å². The molecular weight excluding hydrogens is 372 g/mol. The van der Waals surface area contributed by atoms with Crippen LogP contribution < -0.4 is 14.2 Å². The molecule has 29 heavy (non-hydrogen) atoms. The first-order valence-electron chi connectivity index (χ1n) is 10.7. The summed E-state index contributed by atoms with van der Waals surface area (Å²) in [5, 5.41) is 0. The fraction of sp³-hybridized carbons (Fsp3) is 0.652. The molecule has 0 unspecified atom stereocenters. The lowest BCUT2D eigenvalue weighted by Gasteiger charge is -2.12. The Morgan fingerprint density at radius 3 is 1.90 bits per heavy atom. The van der Waals surface area contributed by atoms with Crippen molar-refractivity contribution >= 4 is 11.9 Å². The van der Waals surface area contributed by atoms with E-state index < -0.39 is 5.97 Å². The van der Waals surface area contributed by atoms with Crippen LogP contribution in [0.5, 0.6) is 17.2 Å². The molecule has 0 saturated carbocycles. The lowest BCUT2D eigenvalue weighted by atomic mass is 10.1. The van der Waals surface area contributed by atoms with Crippen molar-refractivity contribution in [3.63, 3.8) is 0 Å². The molecule has 0 aliphatic rings. The molecule has 164 valence electrons. The number of unbranched alkanes of at least 4 members (excludes halogenated alkanes) is 7. The molecule has 1 rings (SSSR count). The van der Waals surface area contributed by atoms with Crippen molar-refractivity contribution in [2.24, 2.45) is 0 Å². The molecule has 0 aliphatic carbocycles. The summed E-state index contributed by atoms with van der Waals surface area (Å²) < 4.78 is 21.0. The highest BCUT2D eigenvalue weighted by Crippen LogP contribution is 2.37. The quantitative estimate of drug-likeness (QED) is 0.205. The molecule has 1 aromatic rings. The van der Waals surface area contributed by atoms with Gasteiger partial charge in [-0.05, 0) is 25.0 Å². The van der Waals surface area contributed by atoms with Gasteiger partial charge in [-0.1, -0.05) is 57.9 Å². The first kappa shape index (κ1) is 24.8. The van der Waals surface area contributed by atoms with Crippen molar-refractivity contribution in [3.8, 4) is 17.2 Å². The topological polar surface area (TPSA) is 71.1 Å². The van der Waals surface area contributed by atoms with Crippen molar-refractivity contribution in [1.82, 2.24) is 0 Å². The van der Waals surface area contributed by atoms with Crippen LogP contribution in [0.25, 0.3) is 0 Å². The molecule has 6 heteroatoms. The minimum atomic E-state index is -0.441. The fourth-order valence-electron chi connectivity index (χ4n) is 2.95. The predicted octanol–water partition coefficient (Wildman–Crippen LogP) is 5.46. The number of rotatable bonds is 16. The number of methoxy groups -OCH3 is 2. The van der Waals surface area contributed by atoms with Gasteiger partial charge in [-0.15, -0.1) is 0 Å². The predicted molar refractivity (Wildman–Crippen MR) is 113 cm³/mol. The molecule has 0 amide bonds. The van der Waals surface area contributed by atoms with E-state index >= 15 is 0 Å². The number of benzene rings is 1. The van der Waals surface area contributed by atoms with E-state index in [1.54, 1.807) is 18.2 Å². The van der Waals surface area contributed by atoms with Crippen LogP contribution >= 0.6 is 0 Å². The van der Waals surface area contributed by atoms with Crippen LogP contribution in [0.4, 0.5) is 0 Å². The number of carbonyl (C=O) groups is 2. The van der Waals surface area contributed by atoms with Gasteiger partial charge < -0.3 is 18.9 Å². The Balaban J connectivity index is 2.15. The van der Waals surface area contributed by atoms with Gasteiger partial charge in [0, 0.05) is 12.8 Å². The fourth-order valence-corrected chi connectivity index (χ4v) is 2.95. The standard InChI is InChI=1S/C23H36O6/c1-4-5-6-7-8-9-10-11-18-28-21(24)16-13-17-22(25)29-23-19(26-2)14-12-15-20(23)27-3/h12,14-15H,4-11,13,16-18H2,1-3H3. The number of para-hydroxylation sites is 1. The van der Waals surface area contributed by atoms with Gasteiger partial charge in [0.2, 0.25) is 5.75 Å². The SMILES string of the molecule is CCCCCCCCCCOC(=O)CCCC(=O)Oc1c(OC)cccc1OC. The van der Waals surface area contributed by atoms with E-state index in [4.69, 9.17) is 18.9 Å². The third-order valence-electron chi connectivity index (χ3n) is 4.62. The molecule has 0 N–H and O–H groups in total. The van der Waals surface area contributed by atoms with Gasteiger partial charge in [0.15, 0.2) is 11.5 Å². The van der Waals surface area contributed by atoms with Crippen LogP contribution in [0.2, 0.25) is 0 Å². The highest BCUT2D eigenvalue weighted by molar-refractivity contribution is 5.75. The first-order chi connectivity index (χ1) is 14.1. The molecular formula is C23H36O6. The van der Waals surface area contributed by atoms with Crippen LogP contribution in [0.3, 0.4) is 0 Å². The van der Waals surface area contributed by atoms with E-state index in [-0.39, 0.29) is 24.6 Å². The van der Waals surface area contributed by atoms with Crippen molar-refractivity contribution in [3.05, 3.63) is 18.2 Å². The Hall–Kier alpha value is -2.24. The Morgan fingerprint density at radius 2 is 1.31 bits per heavy atom. The summed E-state index contributed by atoms with van der Waals surface area (Å²) in [5.41, 5.74) is 0. The molecule has 0 radical (unpaired) electrons. The zero-order chi connectivity index (χ0) is 21.3. The van der Waals surface area contributed by atoms with E-state index in [2.05, 4.69) is 6.92 Å². The molecule has 0 fully saturated rings. The minimum absolute atomic E-state index is 0.119. The lowest BCUT2D eigenvalue weighted by Crippen LogP contribution is -2.11. The summed E-state index contributed by atoms with van der Waals surface area (Å²) in [5.74, 6) is 0.379. The van der Waals surface area contributed by atoms with E-state index in [0.717, 1.165) is 12.8 Å². The van der Waals surface area contributed by atoms with E-state index in [1.807, 2.05) is 0 Å². The van der Waals surface area contributed by atoms with E-state index in [9.17, 15) is 9.59 Å². The molecule has 0 aromatic heterocycles. The average molecular weight is 409 g/mol. The van der Waals surface area contributed by atoms with Gasteiger partial charge >= 0.3 is 11.9 Å². The molecule has 1 aromatic carbocycles. The normalized spacial score (nSPS) is 10.4. The monoisotopic (exact) mass is 408 g/mol. The lowest BCUT2D eigenvalue weighted by molar-refractivity contribution is -0.144. The Bertz CT molecular complexity index is 577. The van der Waals surface area contributed by atoms with Gasteiger partial charge in [0.1, 0.15) is 0 Å². The zero-order valence-corrected chi connectivity index (χ0v) is 18.2. The van der Waals surface area contributed by atoms with Crippen LogP contribution in [0, 0.1) is 0 Å². The van der Waals surface area contributed by atoms with Gasteiger partial charge in [0.25, 0.3) is 0 Å². The van der Waals surface area contributed by atoms with Gasteiger partial charge in [0.05, 0.1) is 20.8 Å². The maximum atomic E-state index is 12.1. The highest BCUT2D eigenvalue weighted by Gasteiger charge is 2.16. The largest absolute Gasteiger partial charge is 0.493 e. The van der Waals surface area contributed by atoms with Crippen molar-refractivity contribution in [1.29, 1.82) is 0 Å². The minimum Gasteiger partial charge on any atom is -0.493 e. The van der Waals surface area contributed by atoms with E-state index in [1.165, 1.54) is 52.7 Å². The molecule has 0 heterocycles. The van der Waals surface area contributed by atoms with Crippen molar-refractivity contribution in [2.45, 2.75) is 77.6 Å². The Morgan fingerprint density at radius 1 is 0.759 bits per heavy atom. The number of hydrogen-bond acceptors (Lipinski definition) is 6. The second-order valence-corrected chi connectivity index (χ2v) is 7.01. The first-order valence-corrected chi connectivity index (χ1v) is 10.7. The molecule has 0 saturated heterocycles. The number of ether oxygens (including phenoxy) is 4. The van der Waals surface area contributed by atoms with Gasteiger partial charge in [-0.2, -0.15) is 0 Å². The van der Waals surface area contributed by atoms with E-state index in [0.29, 0.717) is 24.5 Å². The third kappa shape index (κ3) is 10.8. The Kier molecular flexibility index (Phi) is 13.4. The molecule has 0 atom stereocenters. The summed E-state index contributed by atoms with van der Waals surface area (Å²) in [7, 11) is 2.99. The van der Waals surface area contributed by atoms with Crippen LogP contribution in [0.15, 0.2) is 18.2 Å². The molecule has 0 bridgehead atoms. The second kappa shape index (κ2) is 15.7. The molecule has 6 nitrogen and oxygen atoms in total. The smallest absolute Gasteiger partial charge is 0.311 e. The third-order valence-corrected chi connectivity index (χ3v) is 4.62.